The van der Waals surface area contributed by atoms with Crippen molar-refractivity contribution in [3.8, 4) is 11.8 Å². The summed E-state index contributed by atoms with van der Waals surface area (Å²) in [7, 11) is 1.55. The van der Waals surface area contributed by atoms with Crippen molar-refractivity contribution >= 4 is 11.6 Å². The first-order valence-corrected chi connectivity index (χ1v) is 5.36. The highest BCUT2D eigenvalue weighted by Crippen LogP contribution is 2.29. The number of imidazole rings is 1. The van der Waals surface area contributed by atoms with Gasteiger partial charge in [-0.05, 0) is 17.7 Å². The van der Waals surface area contributed by atoms with Crippen LogP contribution in [0.1, 0.15) is 17.3 Å². The molecule has 1 aromatic heterocycles. The molecule has 0 aliphatic rings. The maximum atomic E-state index is 9.18. The summed E-state index contributed by atoms with van der Waals surface area (Å²) in [5.41, 5.74) is 0.785. The number of rotatable bonds is 3. The zero-order valence-electron chi connectivity index (χ0n) is 9.14. The fraction of sp³-hybridized carbons (Fsp3) is 0.167. The van der Waals surface area contributed by atoms with Gasteiger partial charge in [-0.2, -0.15) is 5.26 Å². The summed E-state index contributed by atoms with van der Waals surface area (Å²) in [6.07, 6.45) is 3.30. The number of nitrogens with one attached hydrogen (secondary N) is 1. The zero-order chi connectivity index (χ0) is 12.3. The molecule has 0 bridgehead atoms. The van der Waals surface area contributed by atoms with Gasteiger partial charge in [0.25, 0.3) is 0 Å². The first-order chi connectivity index (χ1) is 8.26. The molecular formula is C12H10ClN3O. The van der Waals surface area contributed by atoms with Crippen LogP contribution >= 0.6 is 11.6 Å². The zero-order valence-corrected chi connectivity index (χ0v) is 9.90. The third kappa shape index (κ3) is 2.24. The molecule has 0 fully saturated rings. The summed E-state index contributed by atoms with van der Waals surface area (Å²) in [5.74, 6) is 0.744. The van der Waals surface area contributed by atoms with Crippen LogP contribution in [0.25, 0.3) is 0 Å². The summed E-state index contributed by atoms with van der Waals surface area (Å²) in [6.45, 7) is 0. The standard InChI is InChI=1S/C12H10ClN3O/c1-17-11-3-2-8(6-10(11)13)9(7-14)12-15-4-5-16-12/h2-6,9H,1H3,(H,15,16). The number of methoxy groups -OCH3 is 1. The molecule has 1 unspecified atom stereocenters. The highest BCUT2D eigenvalue weighted by Gasteiger charge is 2.17. The highest BCUT2D eigenvalue weighted by molar-refractivity contribution is 6.32. The van der Waals surface area contributed by atoms with E-state index in [1.807, 2.05) is 0 Å². The van der Waals surface area contributed by atoms with Crippen LogP contribution in [0, 0.1) is 11.3 Å². The average Bonchev–Trinajstić information content (AvgIpc) is 2.84. The summed E-state index contributed by atoms with van der Waals surface area (Å²) < 4.78 is 5.07. The Bertz CT molecular complexity index is 545. The Kier molecular flexibility index (Phi) is 3.31. The number of nitriles is 1. The average molecular weight is 248 g/mol. The maximum Gasteiger partial charge on any atom is 0.137 e. The van der Waals surface area contributed by atoms with E-state index in [1.54, 1.807) is 37.7 Å². The number of H-pyrrole nitrogens is 1. The van der Waals surface area contributed by atoms with Crippen molar-refractivity contribution in [3.05, 3.63) is 47.0 Å². The lowest BCUT2D eigenvalue weighted by molar-refractivity contribution is 0.415. The van der Waals surface area contributed by atoms with Gasteiger partial charge in [0, 0.05) is 12.4 Å². The van der Waals surface area contributed by atoms with Crippen molar-refractivity contribution in [2.75, 3.05) is 7.11 Å². The van der Waals surface area contributed by atoms with Gasteiger partial charge in [0.1, 0.15) is 17.5 Å². The second-order valence-electron chi connectivity index (χ2n) is 3.43. The molecule has 1 atom stereocenters. The van der Waals surface area contributed by atoms with E-state index in [1.165, 1.54) is 0 Å². The number of halogens is 1. The van der Waals surface area contributed by atoms with Gasteiger partial charge in [0.2, 0.25) is 0 Å². The highest BCUT2D eigenvalue weighted by atomic mass is 35.5. The van der Waals surface area contributed by atoms with Crippen LogP contribution in [0.4, 0.5) is 0 Å². The van der Waals surface area contributed by atoms with E-state index in [2.05, 4.69) is 16.0 Å². The van der Waals surface area contributed by atoms with Crippen molar-refractivity contribution < 1.29 is 4.74 Å². The lowest BCUT2D eigenvalue weighted by atomic mass is 10.00. The molecule has 86 valence electrons. The second-order valence-corrected chi connectivity index (χ2v) is 3.84. The molecule has 0 saturated heterocycles. The van der Waals surface area contributed by atoms with Gasteiger partial charge < -0.3 is 9.72 Å². The number of ether oxygens (including phenoxy) is 1. The molecule has 0 saturated carbocycles. The molecule has 17 heavy (non-hydrogen) atoms. The molecule has 1 heterocycles. The summed E-state index contributed by atoms with van der Waals surface area (Å²) >= 11 is 6.03. The van der Waals surface area contributed by atoms with Gasteiger partial charge in [0.15, 0.2) is 0 Å². The van der Waals surface area contributed by atoms with Gasteiger partial charge in [-0.15, -0.1) is 0 Å². The Hall–Kier alpha value is -1.99. The van der Waals surface area contributed by atoms with E-state index < -0.39 is 5.92 Å². The molecule has 0 radical (unpaired) electrons. The number of benzene rings is 1. The minimum atomic E-state index is -0.451. The number of hydrogen-bond acceptors (Lipinski definition) is 3. The normalized spacial score (nSPS) is 11.8. The first-order valence-electron chi connectivity index (χ1n) is 4.98. The summed E-state index contributed by atoms with van der Waals surface area (Å²) in [5, 5.41) is 9.67. The van der Waals surface area contributed by atoms with Crippen molar-refractivity contribution in [1.82, 2.24) is 9.97 Å². The minimum absolute atomic E-state index is 0.451. The lowest BCUT2D eigenvalue weighted by Gasteiger charge is -2.09. The monoisotopic (exact) mass is 247 g/mol. The van der Waals surface area contributed by atoms with E-state index in [0.717, 1.165) is 5.56 Å². The van der Waals surface area contributed by atoms with E-state index in [-0.39, 0.29) is 0 Å². The van der Waals surface area contributed by atoms with Crippen molar-refractivity contribution in [3.63, 3.8) is 0 Å². The molecule has 5 heteroatoms. The Labute approximate surface area is 104 Å². The van der Waals surface area contributed by atoms with Crippen LogP contribution in [0.5, 0.6) is 5.75 Å². The lowest BCUT2D eigenvalue weighted by Crippen LogP contribution is -2.00. The van der Waals surface area contributed by atoms with E-state index >= 15 is 0 Å². The smallest absolute Gasteiger partial charge is 0.137 e. The Balaban J connectivity index is 2.40. The van der Waals surface area contributed by atoms with Gasteiger partial charge in [0.05, 0.1) is 18.2 Å². The van der Waals surface area contributed by atoms with E-state index in [9.17, 15) is 5.26 Å². The third-order valence-electron chi connectivity index (χ3n) is 2.43. The van der Waals surface area contributed by atoms with E-state index in [0.29, 0.717) is 16.6 Å². The van der Waals surface area contributed by atoms with Crippen molar-refractivity contribution in [1.29, 1.82) is 5.26 Å². The Morgan fingerprint density at radius 2 is 2.35 bits per heavy atom. The van der Waals surface area contributed by atoms with Crippen LogP contribution in [0.3, 0.4) is 0 Å². The predicted molar refractivity (Wildman–Crippen MR) is 64.0 cm³/mol. The molecule has 2 aromatic rings. The fourth-order valence-corrected chi connectivity index (χ4v) is 1.86. The second kappa shape index (κ2) is 4.89. The first kappa shape index (κ1) is 11.5. The van der Waals surface area contributed by atoms with E-state index in [4.69, 9.17) is 16.3 Å². The number of aromatic nitrogens is 2. The largest absolute Gasteiger partial charge is 0.495 e. The van der Waals surface area contributed by atoms with Crippen LogP contribution in [0.2, 0.25) is 5.02 Å². The number of nitrogens with zero attached hydrogens (tertiary/aromatic N) is 2. The minimum Gasteiger partial charge on any atom is -0.495 e. The molecule has 4 nitrogen and oxygen atoms in total. The molecule has 2 rings (SSSR count). The van der Waals surface area contributed by atoms with Crippen molar-refractivity contribution in [2.24, 2.45) is 0 Å². The van der Waals surface area contributed by atoms with Gasteiger partial charge in [-0.25, -0.2) is 4.98 Å². The predicted octanol–water partition coefficient (Wildman–Crippen LogP) is 2.73. The SMILES string of the molecule is COc1ccc(C(C#N)c2ncc[nH]2)cc1Cl. The Morgan fingerprint density at radius 3 is 2.88 bits per heavy atom. The van der Waals surface area contributed by atoms with Gasteiger partial charge in [-0.1, -0.05) is 17.7 Å². The summed E-state index contributed by atoms with van der Waals surface area (Å²) in [6, 6.07) is 7.46. The molecule has 1 aromatic carbocycles. The quantitative estimate of drug-likeness (QED) is 0.907. The molecule has 0 spiro atoms. The maximum absolute atomic E-state index is 9.18. The molecule has 0 aliphatic carbocycles. The van der Waals surface area contributed by atoms with Crippen LogP contribution in [-0.4, -0.2) is 17.1 Å². The fourth-order valence-electron chi connectivity index (χ4n) is 1.59. The van der Waals surface area contributed by atoms with Crippen LogP contribution < -0.4 is 4.74 Å². The van der Waals surface area contributed by atoms with Gasteiger partial charge >= 0.3 is 0 Å². The third-order valence-corrected chi connectivity index (χ3v) is 2.73. The molecule has 0 aliphatic heterocycles. The molecular weight excluding hydrogens is 238 g/mol. The number of aromatic amines is 1. The Morgan fingerprint density at radius 1 is 1.53 bits per heavy atom. The molecule has 0 amide bonds. The number of hydrogen-bond donors (Lipinski definition) is 1. The summed E-state index contributed by atoms with van der Waals surface area (Å²) in [4.78, 5) is 7.01. The van der Waals surface area contributed by atoms with Gasteiger partial charge in [-0.3, -0.25) is 0 Å². The molecule has 1 N–H and O–H groups in total. The topological polar surface area (TPSA) is 61.7 Å². The van der Waals surface area contributed by atoms with Crippen LogP contribution in [0.15, 0.2) is 30.6 Å². The van der Waals surface area contributed by atoms with Crippen molar-refractivity contribution in [2.45, 2.75) is 5.92 Å². The van der Waals surface area contributed by atoms with Crippen LogP contribution in [-0.2, 0) is 0 Å².